The van der Waals surface area contributed by atoms with Crippen molar-refractivity contribution in [3.8, 4) is 0 Å². The Hall–Kier alpha value is -4.33. The number of ether oxygens (including phenoxy) is 6. The van der Waals surface area contributed by atoms with E-state index in [9.17, 15) is 61.0 Å². The maximum absolute atomic E-state index is 13.5. The number of aliphatic hydroxyl groups excluding tert-OH is 11. The van der Waals surface area contributed by atoms with E-state index in [0.717, 1.165) is 122 Å². The molecule has 17 atom stereocenters. The van der Waals surface area contributed by atoms with E-state index in [0.29, 0.717) is 19.3 Å². The highest BCUT2D eigenvalue weighted by atomic mass is 16.8. The van der Waals surface area contributed by atoms with Gasteiger partial charge in [0.1, 0.15) is 73.2 Å². The average molecular weight is 1630 g/mol. The molecule has 3 rings (SSSR count). The van der Waals surface area contributed by atoms with Crippen LogP contribution in [-0.4, -0.2) is 193 Å². The molecular formula is C97H165NO18. The van der Waals surface area contributed by atoms with Gasteiger partial charge in [-0.15, -0.1) is 0 Å². The summed E-state index contributed by atoms with van der Waals surface area (Å²) in [5, 5.41) is 121. The molecule has 3 saturated heterocycles. The molecule has 17 unspecified atom stereocenters. The predicted octanol–water partition coefficient (Wildman–Crippen LogP) is 18.1. The summed E-state index contributed by atoms with van der Waals surface area (Å²) in [5.74, 6) is -0.269. The van der Waals surface area contributed by atoms with Crippen molar-refractivity contribution in [3.63, 3.8) is 0 Å². The van der Waals surface area contributed by atoms with E-state index in [-0.39, 0.29) is 18.9 Å². The minimum absolute atomic E-state index is 0.228. The number of allylic oxidation sites excluding steroid dienone is 24. The maximum Gasteiger partial charge on any atom is 0.220 e. The summed E-state index contributed by atoms with van der Waals surface area (Å²) in [6.07, 6.45) is 82.3. The monoisotopic (exact) mass is 1630 g/mol. The second-order valence-electron chi connectivity index (χ2n) is 32.0. The highest BCUT2D eigenvalue weighted by molar-refractivity contribution is 5.76. The number of carbonyl (C=O) groups is 1. The fraction of sp³-hybridized carbons (Fsp3) is 0.742. The zero-order chi connectivity index (χ0) is 83.8. The molecule has 1 amide bonds. The van der Waals surface area contributed by atoms with Gasteiger partial charge in [-0.1, -0.05) is 365 Å². The third-order valence-corrected chi connectivity index (χ3v) is 21.9. The molecule has 3 fully saturated rings. The number of amides is 1. The van der Waals surface area contributed by atoms with E-state index in [1.54, 1.807) is 0 Å². The molecule has 0 bridgehead atoms. The van der Waals surface area contributed by atoms with Gasteiger partial charge >= 0.3 is 0 Å². The largest absolute Gasteiger partial charge is 0.394 e. The van der Waals surface area contributed by atoms with Gasteiger partial charge in [0, 0.05) is 6.42 Å². The second kappa shape index (κ2) is 74.5. The molecule has 3 aliphatic heterocycles. The summed E-state index contributed by atoms with van der Waals surface area (Å²) in [5.41, 5.74) is 0. The molecule has 116 heavy (non-hydrogen) atoms. The van der Waals surface area contributed by atoms with E-state index < -0.39 is 124 Å². The first-order valence-electron chi connectivity index (χ1n) is 46.1. The molecule has 0 aromatic rings. The normalized spacial score (nSPS) is 25.2. The quantitative estimate of drug-likeness (QED) is 0.0199. The molecule has 0 aliphatic carbocycles. The summed E-state index contributed by atoms with van der Waals surface area (Å²) >= 11 is 0. The predicted molar refractivity (Wildman–Crippen MR) is 470 cm³/mol. The van der Waals surface area contributed by atoms with Gasteiger partial charge in [-0.05, 0) is 103 Å². The van der Waals surface area contributed by atoms with Crippen molar-refractivity contribution in [2.75, 3.05) is 26.4 Å². The van der Waals surface area contributed by atoms with Gasteiger partial charge in [0.2, 0.25) is 5.91 Å². The maximum atomic E-state index is 13.5. The van der Waals surface area contributed by atoms with Crippen molar-refractivity contribution in [1.29, 1.82) is 0 Å². The molecule has 19 heteroatoms. The van der Waals surface area contributed by atoms with Crippen LogP contribution in [0.1, 0.15) is 328 Å². The van der Waals surface area contributed by atoms with Crippen LogP contribution >= 0.6 is 0 Å². The fourth-order valence-corrected chi connectivity index (χ4v) is 14.7. The van der Waals surface area contributed by atoms with Crippen LogP contribution in [0.25, 0.3) is 0 Å². The standard InChI is InChI=1S/C97H165NO18/c1-3-5-7-9-11-13-15-17-19-21-23-25-27-29-31-33-35-36-37-38-39-40-41-42-43-44-45-47-49-51-53-55-57-59-61-63-65-67-69-71-73-75-85(103)98-80(81(102)74-72-70-68-66-64-62-60-58-56-54-52-50-48-46-34-32-30-28-26-24-22-20-18-16-14-12-10-8-6-4-2)79-111-95-91(109)88(106)93(83(77-100)113-95)116-97-92(110)89(107)94(84(78-101)114-97)115-96-90(108)87(105)86(104)82(76-99)112-96/h5,7,11,13,17,19,23,25,29,31,35-36,38-39,41-42,44-45,49,51,55,57,61,63,80-84,86-97,99-102,104-110H,3-4,6,8-10,12,14-16,18,20-22,24,26-28,30,32-34,37,40,43,46-48,50,52-54,56,58-60,62,64-79H2,1-2H3,(H,98,103)/b7-5-,13-11-,19-17-,25-23-,31-29-,36-35-,39-38-,42-41-,45-44-,51-49-,57-55-,63-61-. The molecule has 0 saturated carbocycles. The van der Waals surface area contributed by atoms with E-state index in [1.807, 2.05) is 0 Å². The zero-order valence-electron chi connectivity index (χ0n) is 71.9. The van der Waals surface area contributed by atoms with Crippen LogP contribution in [0.2, 0.25) is 0 Å². The number of hydrogen-bond acceptors (Lipinski definition) is 18. The first-order valence-corrected chi connectivity index (χ1v) is 46.1. The Labute approximate surface area is 702 Å². The number of aliphatic hydroxyl groups is 11. The number of hydrogen-bond donors (Lipinski definition) is 12. The Morgan fingerprint density at radius 1 is 0.319 bits per heavy atom. The minimum atomic E-state index is -1.98. The van der Waals surface area contributed by atoms with Crippen molar-refractivity contribution in [3.05, 3.63) is 146 Å². The average Bonchev–Trinajstić information content (AvgIpc) is 0.783. The molecular weight excluding hydrogens is 1470 g/mol. The summed E-state index contributed by atoms with van der Waals surface area (Å²) in [4.78, 5) is 13.5. The molecule has 0 aromatic carbocycles. The first-order chi connectivity index (χ1) is 56.8. The van der Waals surface area contributed by atoms with Gasteiger partial charge in [-0.3, -0.25) is 4.79 Å². The molecule has 0 aromatic heterocycles. The van der Waals surface area contributed by atoms with E-state index in [4.69, 9.17) is 28.4 Å². The van der Waals surface area contributed by atoms with Gasteiger partial charge in [-0.25, -0.2) is 0 Å². The molecule has 0 radical (unpaired) electrons. The lowest BCUT2D eigenvalue weighted by Gasteiger charge is -2.48. The smallest absolute Gasteiger partial charge is 0.220 e. The number of unbranched alkanes of at least 4 members (excludes halogenated alkanes) is 33. The number of carbonyl (C=O) groups excluding carboxylic acids is 1. The molecule has 3 aliphatic rings. The minimum Gasteiger partial charge on any atom is -0.394 e. The number of nitrogens with one attached hydrogen (secondary N) is 1. The summed E-state index contributed by atoms with van der Waals surface area (Å²) in [6, 6.07) is -0.915. The van der Waals surface area contributed by atoms with Crippen LogP contribution in [0.4, 0.5) is 0 Å². The first kappa shape index (κ1) is 106. The van der Waals surface area contributed by atoms with Crippen molar-refractivity contribution < 1.29 is 89.4 Å². The lowest BCUT2D eigenvalue weighted by Crippen LogP contribution is -2.66. The third-order valence-electron chi connectivity index (χ3n) is 21.9. The zero-order valence-corrected chi connectivity index (χ0v) is 71.9. The van der Waals surface area contributed by atoms with Gasteiger partial charge in [0.15, 0.2) is 18.9 Å². The van der Waals surface area contributed by atoms with Crippen molar-refractivity contribution in [1.82, 2.24) is 5.32 Å². The van der Waals surface area contributed by atoms with Crippen molar-refractivity contribution >= 4 is 5.91 Å². The second-order valence-corrected chi connectivity index (χ2v) is 32.0. The molecule has 19 nitrogen and oxygen atoms in total. The van der Waals surface area contributed by atoms with E-state index >= 15 is 0 Å². The fourth-order valence-electron chi connectivity index (χ4n) is 14.7. The van der Waals surface area contributed by atoms with Crippen LogP contribution in [0, 0.1) is 0 Å². The third kappa shape index (κ3) is 52.1. The van der Waals surface area contributed by atoms with Crippen molar-refractivity contribution in [2.24, 2.45) is 0 Å². The Morgan fingerprint density at radius 2 is 0.595 bits per heavy atom. The Bertz CT molecular complexity index is 2670. The molecule has 3 heterocycles. The molecule has 0 spiro atoms. The van der Waals surface area contributed by atoms with Crippen LogP contribution in [0.5, 0.6) is 0 Å². The van der Waals surface area contributed by atoms with E-state index in [1.165, 1.54) is 167 Å². The molecule has 666 valence electrons. The topological polar surface area (TPSA) is 307 Å². The van der Waals surface area contributed by atoms with Gasteiger partial charge < -0.3 is 89.9 Å². The highest BCUT2D eigenvalue weighted by Gasteiger charge is 2.54. The summed E-state index contributed by atoms with van der Waals surface area (Å²) < 4.78 is 34.6. The highest BCUT2D eigenvalue weighted by Crippen LogP contribution is 2.34. The van der Waals surface area contributed by atoms with Gasteiger partial charge in [0.25, 0.3) is 0 Å². The SMILES string of the molecule is CC/C=C\C/C=C\C/C=C\C/C=C\C/C=C\C/C=C\C/C=C\C/C=C\C/C=C\C/C=C\C/C=C\C/C=C\CCCCCCC(=O)NC(COC1OC(CO)C(OC2OC(CO)C(OC3OC(CO)C(O)C(O)C3O)C(O)C2O)C(O)C1O)C(O)CCCCCCCCCCCCCCCCCCCCCCCCCCCCCCCC. The summed E-state index contributed by atoms with van der Waals surface area (Å²) in [6.45, 7) is 1.70. The Balaban J connectivity index is 1.34. The van der Waals surface area contributed by atoms with Gasteiger partial charge in [-0.2, -0.15) is 0 Å². The lowest BCUT2D eigenvalue weighted by molar-refractivity contribution is -0.379. The lowest BCUT2D eigenvalue weighted by atomic mass is 9.96. The number of rotatable bonds is 73. The van der Waals surface area contributed by atoms with Crippen LogP contribution in [-0.2, 0) is 33.2 Å². The van der Waals surface area contributed by atoms with Crippen LogP contribution < -0.4 is 5.32 Å². The Kier molecular flexibility index (Phi) is 68.0. The van der Waals surface area contributed by atoms with E-state index in [2.05, 4.69) is 165 Å². The van der Waals surface area contributed by atoms with Crippen LogP contribution in [0.3, 0.4) is 0 Å². The summed E-state index contributed by atoms with van der Waals surface area (Å²) in [7, 11) is 0. The molecule has 12 N–H and O–H groups in total. The van der Waals surface area contributed by atoms with Gasteiger partial charge in [0.05, 0.1) is 38.6 Å². The Morgan fingerprint density at radius 3 is 0.931 bits per heavy atom. The van der Waals surface area contributed by atoms with Crippen LogP contribution in [0.15, 0.2) is 146 Å². The van der Waals surface area contributed by atoms with Crippen molar-refractivity contribution in [2.45, 2.75) is 433 Å².